The number of hydrogen-bond acceptors (Lipinski definition) is 4. The molecule has 1 rings (SSSR count). The Bertz CT molecular complexity index is 466. The van der Waals surface area contributed by atoms with E-state index in [0.29, 0.717) is 0 Å². The second-order valence-electron chi connectivity index (χ2n) is 3.76. The summed E-state index contributed by atoms with van der Waals surface area (Å²) in [6, 6.07) is 3.80. The smallest absolute Gasteiger partial charge is 0.334 e. The van der Waals surface area contributed by atoms with Crippen LogP contribution in [0.5, 0.6) is 5.75 Å². The Balaban J connectivity index is 3.24. The predicted octanol–water partition coefficient (Wildman–Crippen LogP) is 0.787. The highest BCUT2D eigenvalue weighted by molar-refractivity contribution is 6.11. The molecule has 0 saturated carbocycles. The van der Waals surface area contributed by atoms with Crippen LogP contribution in [0, 0.1) is 0 Å². The van der Waals surface area contributed by atoms with E-state index in [2.05, 4.69) is 0 Å². The molecule has 0 fully saturated rings. The second kappa shape index (κ2) is 5.31. The molecule has 0 radical (unpaired) electrons. The van der Waals surface area contributed by atoms with Crippen molar-refractivity contribution in [1.29, 1.82) is 0 Å². The molecule has 96 valence electrons. The maximum Gasteiger partial charge on any atom is 0.334 e. The zero-order chi connectivity index (χ0) is 13.9. The summed E-state index contributed by atoms with van der Waals surface area (Å²) in [4.78, 5) is 34.8. The van der Waals surface area contributed by atoms with E-state index >= 15 is 0 Å². The highest BCUT2D eigenvalue weighted by Crippen LogP contribution is 2.21. The van der Waals surface area contributed by atoms with E-state index in [-0.39, 0.29) is 11.4 Å². The molecular formula is C12H13NO5. The van der Waals surface area contributed by atoms with Crippen molar-refractivity contribution in [3.05, 3.63) is 24.3 Å². The number of benzene rings is 1. The summed E-state index contributed by atoms with van der Waals surface area (Å²) < 4.78 is 0. The van der Waals surface area contributed by atoms with E-state index in [1.807, 2.05) is 0 Å². The van der Waals surface area contributed by atoms with Crippen molar-refractivity contribution >= 4 is 23.3 Å². The van der Waals surface area contributed by atoms with E-state index < -0.39 is 23.7 Å². The van der Waals surface area contributed by atoms with Crippen LogP contribution in [0.25, 0.3) is 0 Å². The molecule has 0 saturated heterocycles. The van der Waals surface area contributed by atoms with Crippen molar-refractivity contribution in [3.63, 3.8) is 0 Å². The number of ketones is 1. The third-order valence-corrected chi connectivity index (χ3v) is 2.34. The van der Waals surface area contributed by atoms with Gasteiger partial charge in [-0.3, -0.25) is 14.5 Å². The predicted molar refractivity (Wildman–Crippen MR) is 63.4 cm³/mol. The molecular weight excluding hydrogens is 238 g/mol. The van der Waals surface area contributed by atoms with Crippen molar-refractivity contribution in [2.75, 3.05) is 4.90 Å². The van der Waals surface area contributed by atoms with Gasteiger partial charge in [0.05, 0.1) is 0 Å². The Kier molecular flexibility index (Phi) is 4.04. The Morgan fingerprint density at radius 1 is 1.11 bits per heavy atom. The maximum atomic E-state index is 11.5. The molecule has 1 amide bonds. The number of carbonyl (C=O) groups excluding carboxylic acids is 2. The monoisotopic (exact) mass is 251 g/mol. The molecule has 0 heterocycles. The molecule has 2 N–H and O–H groups in total. The Labute approximate surface area is 103 Å². The fraction of sp³-hybridized carbons (Fsp3) is 0.250. The van der Waals surface area contributed by atoms with Gasteiger partial charge in [-0.05, 0) is 31.2 Å². The SMILES string of the molecule is CC(=O)C(C(=O)O)N(C(C)=O)c1ccc(O)cc1. The normalized spacial score (nSPS) is 11.7. The van der Waals surface area contributed by atoms with Crippen LogP contribution in [-0.4, -0.2) is 33.9 Å². The lowest BCUT2D eigenvalue weighted by molar-refractivity contribution is -0.143. The molecule has 0 spiro atoms. The summed E-state index contributed by atoms with van der Waals surface area (Å²) in [5.74, 6) is -2.63. The van der Waals surface area contributed by atoms with Crippen molar-refractivity contribution in [2.45, 2.75) is 19.9 Å². The molecule has 18 heavy (non-hydrogen) atoms. The third kappa shape index (κ3) is 2.85. The minimum absolute atomic E-state index is 0.0167. The first-order valence-electron chi connectivity index (χ1n) is 5.16. The number of carbonyl (C=O) groups is 3. The van der Waals surface area contributed by atoms with Gasteiger partial charge in [-0.2, -0.15) is 0 Å². The van der Waals surface area contributed by atoms with Gasteiger partial charge in [0.2, 0.25) is 5.91 Å². The number of hydrogen-bond donors (Lipinski definition) is 2. The number of amides is 1. The van der Waals surface area contributed by atoms with Gasteiger partial charge in [0.25, 0.3) is 0 Å². The van der Waals surface area contributed by atoms with Gasteiger partial charge in [0.1, 0.15) is 5.75 Å². The molecule has 0 aliphatic heterocycles. The Morgan fingerprint density at radius 2 is 1.61 bits per heavy atom. The molecule has 0 aromatic heterocycles. The number of anilines is 1. The van der Waals surface area contributed by atoms with Crippen LogP contribution in [0.1, 0.15) is 13.8 Å². The topological polar surface area (TPSA) is 94.9 Å². The lowest BCUT2D eigenvalue weighted by atomic mass is 10.1. The van der Waals surface area contributed by atoms with Crippen LogP contribution >= 0.6 is 0 Å². The molecule has 1 aromatic carbocycles. The van der Waals surface area contributed by atoms with Gasteiger partial charge in [-0.15, -0.1) is 0 Å². The number of nitrogens with zero attached hydrogens (tertiary/aromatic N) is 1. The molecule has 0 bridgehead atoms. The highest BCUT2D eigenvalue weighted by atomic mass is 16.4. The summed E-state index contributed by atoms with van der Waals surface area (Å²) in [5.41, 5.74) is 0.239. The number of aliphatic carboxylic acids is 1. The van der Waals surface area contributed by atoms with Crippen LogP contribution < -0.4 is 4.90 Å². The first-order chi connectivity index (χ1) is 8.34. The number of phenolic OH excluding ortho intramolecular Hbond substituents is 1. The van der Waals surface area contributed by atoms with Crippen LogP contribution in [0.4, 0.5) is 5.69 Å². The Morgan fingerprint density at radius 3 is 1.94 bits per heavy atom. The molecule has 1 aromatic rings. The van der Waals surface area contributed by atoms with Gasteiger partial charge >= 0.3 is 5.97 Å². The summed E-state index contributed by atoms with van der Waals surface area (Å²) >= 11 is 0. The number of Topliss-reactive ketones (excluding diaryl/α,β-unsaturated/α-hetero) is 1. The van der Waals surface area contributed by atoms with Crippen LogP contribution in [0.15, 0.2) is 24.3 Å². The van der Waals surface area contributed by atoms with Crippen molar-refractivity contribution in [2.24, 2.45) is 0 Å². The second-order valence-corrected chi connectivity index (χ2v) is 3.76. The quantitative estimate of drug-likeness (QED) is 0.771. The molecule has 1 unspecified atom stereocenters. The van der Waals surface area contributed by atoms with Crippen molar-refractivity contribution in [3.8, 4) is 5.75 Å². The molecule has 6 heteroatoms. The summed E-state index contributed by atoms with van der Waals surface area (Å²) in [6.07, 6.45) is 0. The largest absolute Gasteiger partial charge is 0.508 e. The first kappa shape index (κ1) is 13.7. The summed E-state index contributed by atoms with van der Waals surface area (Å²) in [7, 11) is 0. The number of phenols is 1. The number of aromatic hydroxyl groups is 1. The average Bonchev–Trinajstić information content (AvgIpc) is 2.25. The fourth-order valence-corrected chi connectivity index (χ4v) is 1.59. The number of rotatable bonds is 4. The van der Waals surface area contributed by atoms with Crippen LogP contribution in [-0.2, 0) is 14.4 Å². The molecule has 1 atom stereocenters. The highest BCUT2D eigenvalue weighted by Gasteiger charge is 2.32. The maximum absolute atomic E-state index is 11.5. The first-order valence-corrected chi connectivity index (χ1v) is 5.16. The molecule has 0 aliphatic rings. The standard InChI is InChI=1S/C12H13NO5/c1-7(14)11(12(17)18)13(8(2)15)9-3-5-10(16)6-4-9/h3-6,11,16H,1-2H3,(H,17,18). The van der Waals surface area contributed by atoms with Crippen molar-refractivity contribution in [1.82, 2.24) is 0 Å². The zero-order valence-electron chi connectivity index (χ0n) is 9.95. The van der Waals surface area contributed by atoms with E-state index in [1.54, 1.807) is 0 Å². The average molecular weight is 251 g/mol. The van der Waals surface area contributed by atoms with Gasteiger partial charge in [0.15, 0.2) is 11.8 Å². The van der Waals surface area contributed by atoms with Gasteiger partial charge in [0, 0.05) is 12.6 Å². The zero-order valence-corrected chi connectivity index (χ0v) is 9.95. The van der Waals surface area contributed by atoms with Gasteiger partial charge in [-0.1, -0.05) is 0 Å². The van der Waals surface area contributed by atoms with Crippen LogP contribution in [0.2, 0.25) is 0 Å². The van der Waals surface area contributed by atoms with E-state index in [4.69, 9.17) is 10.2 Å². The molecule has 0 aliphatic carbocycles. The minimum Gasteiger partial charge on any atom is -0.508 e. The summed E-state index contributed by atoms with van der Waals surface area (Å²) in [6.45, 7) is 2.28. The summed E-state index contributed by atoms with van der Waals surface area (Å²) in [5, 5.41) is 18.2. The van der Waals surface area contributed by atoms with Gasteiger partial charge < -0.3 is 10.2 Å². The third-order valence-electron chi connectivity index (χ3n) is 2.34. The van der Waals surface area contributed by atoms with Crippen LogP contribution in [0.3, 0.4) is 0 Å². The lowest BCUT2D eigenvalue weighted by Gasteiger charge is -2.26. The van der Waals surface area contributed by atoms with E-state index in [0.717, 1.165) is 11.8 Å². The number of carboxylic acid groups (broad SMARTS) is 1. The molecule has 6 nitrogen and oxygen atoms in total. The fourth-order valence-electron chi connectivity index (χ4n) is 1.59. The number of carboxylic acids is 1. The van der Waals surface area contributed by atoms with Gasteiger partial charge in [-0.25, -0.2) is 4.79 Å². The van der Waals surface area contributed by atoms with E-state index in [1.165, 1.54) is 31.2 Å². The van der Waals surface area contributed by atoms with Crippen molar-refractivity contribution < 1.29 is 24.6 Å². The minimum atomic E-state index is -1.56. The lowest BCUT2D eigenvalue weighted by Crippen LogP contribution is -2.48. The Hall–Kier alpha value is -2.37. The van der Waals surface area contributed by atoms with E-state index in [9.17, 15) is 14.4 Å².